The molecule has 0 saturated carbocycles. The smallest absolute Gasteiger partial charge is 0.372 e. The fraction of sp³-hybridized carbons (Fsp3) is 0.250. The molecule has 0 aliphatic heterocycles. The van der Waals surface area contributed by atoms with Gasteiger partial charge in [0.05, 0.1) is 5.56 Å². The van der Waals surface area contributed by atoms with Gasteiger partial charge in [-0.05, 0) is 30.2 Å². The molecule has 0 amide bonds. The van der Waals surface area contributed by atoms with Gasteiger partial charge in [0.25, 0.3) is 0 Å². The summed E-state index contributed by atoms with van der Waals surface area (Å²) >= 11 is 0. The van der Waals surface area contributed by atoms with Gasteiger partial charge in [0, 0.05) is 0 Å². The minimum absolute atomic E-state index is 0.313. The third-order valence-electron chi connectivity index (χ3n) is 3.49. The van der Waals surface area contributed by atoms with Crippen LogP contribution in [0, 0.1) is 6.92 Å². The van der Waals surface area contributed by atoms with Crippen molar-refractivity contribution in [1.82, 2.24) is 0 Å². The number of benzene rings is 2. The number of rotatable bonds is 2. The van der Waals surface area contributed by atoms with Crippen LogP contribution in [0.25, 0.3) is 0 Å². The van der Waals surface area contributed by atoms with Gasteiger partial charge >= 0.3 is 12.4 Å². The summed E-state index contributed by atoms with van der Waals surface area (Å²) in [5, 5.41) is 10.3. The molecule has 7 heteroatoms. The maximum Gasteiger partial charge on any atom is 0.425 e. The molecule has 1 atom stereocenters. The maximum atomic E-state index is 13.5. The molecule has 1 N–H and O–H groups in total. The third-order valence-corrected chi connectivity index (χ3v) is 3.49. The van der Waals surface area contributed by atoms with Gasteiger partial charge in [-0.15, -0.1) is 0 Å². The number of halogens is 6. The molecule has 0 saturated heterocycles. The minimum atomic E-state index is -5.19. The van der Waals surface area contributed by atoms with Crippen molar-refractivity contribution in [1.29, 1.82) is 0 Å². The Hall–Kier alpha value is -2.02. The predicted octanol–water partition coefficient (Wildman–Crippen LogP) is 4.81. The molecule has 0 fully saturated rings. The Morgan fingerprint density at radius 3 is 1.74 bits per heavy atom. The Kier molecular flexibility index (Phi) is 4.19. The molecule has 2 rings (SSSR count). The van der Waals surface area contributed by atoms with Gasteiger partial charge in [-0.2, -0.15) is 26.3 Å². The second-order valence-corrected chi connectivity index (χ2v) is 5.15. The van der Waals surface area contributed by atoms with Crippen LogP contribution in [0.4, 0.5) is 26.3 Å². The van der Waals surface area contributed by atoms with Crippen LogP contribution >= 0.6 is 0 Å². The van der Waals surface area contributed by atoms with Crippen LogP contribution in [0.1, 0.15) is 22.3 Å². The normalized spacial score (nSPS) is 15.3. The lowest BCUT2D eigenvalue weighted by Gasteiger charge is -2.32. The molecular weight excluding hydrogens is 322 g/mol. The van der Waals surface area contributed by atoms with Gasteiger partial charge in [0.15, 0.2) is 0 Å². The SMILES string of the molecule is Cc1ccc(C(O)(c2cccc(C(F)(F)F)c2)C(F)(F)F)cc1. The van der Waals surface area contributed by atoms with E-state index in [0.29, 0.717) is 17.7 Å². The summed E-state index contributed by atoms with van der Waals surface area (Å²) in [5.41, 5.74) is -5.56. The van der Waals surface area contributed by atoms with Crippen LogP contribution in [-0.4, -0.2) is 11.3 Å². The summed E-state index contributed by atoms with van der Waals surface area (Å²) in [5.74, 6) is 0. The Labute approximate surface area is 128 Å². The lowest BCUT2D eigenvalue weighted by molar-refractivity contribution is -0.248. The molecule has 23 heavy (non-hydrogen) atoms. The number of aliphatic hydroxyl groups is 1. The van der Waals surface area contributed by atoms with E-state index < -0.39 is 34.6 Å². The molecule has 2 aromatic rings. The summed E-state index contributed by atoms with van der Waals surface area (Å²) in [6.07, 6.45) is -10.00. The fourth-order valence-corrected chi connectivity index (χ4v) is 2.21. The third kappa shape index (κ3) is 3.19. The summed E-state index contributed by atoms with van der Waals surface area (Å²) in [7, 11) is 0. The van der Waals surface area contributed by atoms with Gasteiger partial charge in [0.1, 0.15) is 0 Å². The number of alkyl halides is 6. The van der Waals surface area contributed by atoms with Gasteiger partial charge in [0.2, 0.25) is 5.60 Å². The molecule has 0 bridgehead atoms. The van der Waals surface area contributed by atoms with Crippen LogP contribution in [0.15, 0.2) is 48.5 Å². The van der Waals surface area contributed by atoms with Crippen molar-refractivity contribution in [2.24, 2.45) is 0 Å². The molecule has 1 unspecified atom stereocenters. The van der Waals surface area contributed by atoms with E-state index in [9.17, 15) is 31.4 Å². The first-order valence-corrected chi connectivity index (χ1v) is 6.50. The summed E-state index contributed by atoms with van der Waals surface area (Å²) in [6.45, 7) is 1.64. The van der Waals surface area contributed by atoms with Gasteiger partial charge in [-0.1, -0.05) is 42.0 Å². The first-order valence-electron chi connectivity index (χ1n) is 6.50. The zero-order chi connectivity index (χ0) is 17.5. The summed E-state index contributed by atoms with van der Waals surface area (Å²) in [4.78, 5) is 0. The minimum Gasteiger partial charge on any atom is -0.372 e. The van der Waals surface area contributed by atoms with E-state index in [-0.39, 0.29) is 0 Å². The lowest BCUT2D eigenvalue weighted by Crippen LogP contribution is -2.43. The van der Waals surface area contributed by atoms with Crippen LogP contribution in [0.5, 0.6) is 0 Å². The lowest BCUT2D eigenvalue weighted by atomic mass is 9.84. The molecule has 0 aliphatic carbocycles. The van der Waals surface area contributed by atoms with Crippen LogP contribution in [0.2, 0.25) is 0 Å². The highest BCUT2D eigenvalue weighted by atomic mass is 19.4. The van der Waals surface area contributed by atoms with Crippen molar-refractivity contribution >= 4 is 0 Å². The van der Waals surface area contributed by atoms with Gasteiger partial charge < -0.3 is 5.11 Å². The highest BCUT2D eigenvalue weighted by Crippen LogP contribution is 2.45. The zero-order valence-electron chi connectivity index (χ0n) is 11.8. The number of hydrogen-bond acceptors (Lipinski definition) is 1. The van der Waals surface area contributed by atoms with E-state index in [1.807, 2.05) is 0 Å². The average molecular weight is 334 g/mol. The van der Waals surface area contributed by atoms with Gasteiger partial charge in [-0.25, -0.2) is 0 Å². The second kappa shape index (κ2) is 5.56. The van der Waals surface area contributed by atoms with Crippen molar-refractivity contribution in [3.05, 3.63) is 70.8 Å². The van der Waals surface area contributed by atoms with E-state index in [1.165, 1.54) is 12.1 Å². The van der Waals surface area contributed by atoms with Crippen molar-refractivity contribution in [2.75, 3.05) is 0 Å². The first kappa shape index (κ1) is 17.3. The summed E-state index contributed by atoms with van der Waals surface area (Å²) < 4.78 is 78.7. The van der Waals surface area contributed by atoms with E-state index in [0.717, 1.165) is 24.3 Å². The van der Waals surface area contributed by atoms with E-state index in [2.05, 4.69) is 0 Å². The average Bonchev–Trinajstić information content (AvgIpc) is 2.45. The fourth-order valence-electron chi connectivity index (χ4n) is 2.21. The molecule has 0 spiro atoms. The molecular formula is C16H12F6O. The Bertz CT molecular complexity index is 687. The quantitative estimate of drug-likeness (QED) is 0.781. The van der Waals surface area contributed by atoms with Crippen molar-refractivity contribution in [3.63, 3.8) is 0 Å². The molecule has 0 aliphatic rings. The van der Waals surface area contributed by atoms with E-state index in [1.54, 1.807) is 6.92 Å². The van der Waals surface area contributed by atoms with Crippen molar-refractivity contribution in [3.8, 4) is 0 Å². The largest absolute Gasteiger partial charge is 0.425 e. The highest BCUT2D eigenvalue weighted by molar-refractivity contribution is 5.41. The molecule has 0 radical (unpaired) electrons. The maximum absolute atomic E-state index is 13.5. The zero-order valence-corrected chi connectivity index (χ0v) is 11.8. The number of hydrogen-bond donors (Lipinski definition) is 1. The standard InChI is InChI=1S/C16H12F6O/c1-10-5-7-11(8-6-10)14(23,16(20,21)22)12-3-2-4-13(9-12)15(17,18)19/h2-9,23H,1H3. The van der Waals surface area contributed by atoms with E-state index >= 15 is 0 Å². The molecule has 2 aromatic carbocycles. The highest BCUT2D eigenvalue weighted by Gasteiger charge is 2.56. The molecule has 0 heterocycles. The molecule has 1 nitrogen and oxygen atoms in total. The topological polar surface area (TPSA) is 20.2 Å². The Morgan fingerprint density at radius 2 is 1.26 bits per heavy atom. The number of aryl methyl sites for hydroxylation is 1. The Morgan fingerprint density at radius 1 is 0.739 bits per heavy atom. The van der Waals surface area contributed by atoms with Gasteiger partial charge in [-0.3, -0.25) is 0 Å². The Balaban J connectivity index is 2.67. The second-order valence-electron chi connectivity index (χ2n) is 5.15. The monoisotopic (exact) mass is 334 g/mol. The molecule has 0 aromatic heterocycles. The first-order chi connectivity index (χ1) is 10.5. The van der Waals surface area contributed by atoms with E-state index in [4.69, 9.17) is 0 Å². The summed E-state index contributed by atoms with van der Waals surface area (Å²) in [6, 6.07) is 7.40. The molecule has 124 valence electrons. The van der Waals surface area contributed by atoms with Crippen LogP contribution in [0.3, 0.4) is 0 Å². The van der Waals surface area contributed by atoms with Crippen LogP contribution in [-0.2, 0) is 11.8 Å². The van der Waals surface area contributed by atoms with Crippen LogP contribution < -0.4 is 0 Å². The predicted molar refractivity (Wildman–Crippen MR) is 71.7 cm³/mol. The van der Waals surface area contributed by atoms with Crippen molar-refractivity contribution < 1.29 is 31.4 Å². The van der Waals surface area contributed by atoms with Crippen molar-refractivity contribution in [2.45, 2.75) is 24.9 Å².